The van der Waals surface area contributed by atoms with Gasteiger partial charge in [-0.25, -0.2) is 4.79 Å². The van der Waals surface area contributed by atoms with Crippen LogP contribution in [0.4, 0.5) is 4.79 Å². The second kappa shape index (κ2) is 7.24. The van der Waals surface area contributed by atoms with Crippen LogP contribution in [0.25, 0.3) is 0 Å². The molecule has 1 heterocycles. The van der Waals surface area contributed by atoms with E-state index in [0.717, 1.165) is 25.8 Å². The number of likely N-dealkylation sites (tertiary alicyclic amines) is 1. The quantitative estimate of drug-likeness (QED) is 0.715. The van der Waals surface area contributed by atoms with Gasteiger partial charge in [-0.05, 0) is 32.1 Å². The Morgan fingerprint density at radius 1 is 1.28 bits per heavy atom. The average Bonchev–Trinajstić information content (AvgIpc) is 2.62. The predicted octanol–water partition coefficient (Wildman–Crippen LogP) is 2.07. The molecule has 0 bridgehead atoms. The zero-order valence-electron chi connectivity index (χ0n) is 11.3. The lowest BCUT2D eigenvalue weighted by atomic mass is 10.1. The minimum absolute atomic E-state index is 0.0186. The standard InChI is InChI=1S/C13H24N2O3/c1-10-8-11(2)15(9-10)13(18)14-7-5-3-4-6-12(16)17/h10-11H,3-9H2,1-2H3,(H,14,18)(H,16,17). The molecular formula is C13H24N2O3. The Kier molecular flexibility index (Phi) is 5.95. The lowest BCUT2D eigenvalue weighted by molar-refractivity contribution is -0.137. The van der Waals surface area contributed by atoms with Gasteiger partial charge in [0, 0.05) is 25.6 Å². The first-order chi connectivity index (χ1) is 8.50. The van der Waals surface area contributed by atoms with E-state index in [1.807, 2.05) is 4.90 Å². The number of carboxylic acids is 1. The predicted molar refractivity (Wildman–Crippen MR) is 69.5 cm³/mol. The molecule has 2 unspecified atom stereocenters. The Morgan fingerprint density at radius 2 is 2.00 bits per heavy atom. The highest BCUT2D eigenvalue weighted by atomic mass is 16.4. The first-order valence-corrected chi connectivity index (χ1v) is 6.77. The minimum atomic E-state index is -0.751. The van der Waals surface area contributed by atoms with E-state index >= 15 is 0 Å². The van der Waals surface area contributed by atoms with Gasteiger partial charge in [-0.2, -0.15) is 0 Å². The maximum absolute atomic E-state index is 11.9. The summed E-state index contributed by atoms with van der Waals surface area (Å²) in [5.74, 6) is -0.166. The van der Waals surface area contributed by atoms with Crippen LogP contribution in [0.3, 0.4) is 0 Å². The van der Waals surface area contributed by atoms with Gasteiger partial charge in [0.1, 0.15) is 0 Å². The number of hydrogen-bond acceptors (Lipinski definition) is 2. The molecule has 2 amide bonds. The summed E-state index contributed by atoms with van der Waals surface area (Å²) < 4.78 is 0. The highest BCUT2D eigenvalue weighted by Gasteiger charge is 2.29. The number of carbonyl (C=O) groups excluding carboxylic acids is 1. The first-order valence-electron chi connectivity index (χ1n) is 6.77. The topological polar surface area (TPSA) is 69.6 Å². The molecule has 0 aromatic carbocycles. The molecule has 0 spiro atoms. The number of carbonyl (C=O) groups is 2. The first kappa shape index (κ1) is 14.8. The van der Waals surface area contributed by atoms with Gasteiger partial charge in [-0.15, -0.1) is 0 Å². The van der Waals surface area contributed by atoms with Gasteiger partial charge in [0.05, 0.1) is 0 Å². The highest BCUT2D eigenvalue weighted by Crippen LogP contribution is 2.21. The van der Waals surface area contributed by atoms with Crippen LogP contribution in [0.15, 0.2) is 0 Å². The summed E-state index contributed by atoms with van der Waals surface area (Å²) in [6, 6.07) is 0.345. The maximum Gasteiger partial charge on any atom is 0.317 e. The number of carboxylic acid groups (broad SMARTS) is 1. The number of hydrogen-bond donors (Lipinski definition) is 2. The molecule has 0 aromatic heterocycles. The van der Waals surface area contributed by atoms with Crippen LogP contribution in [0, 0.1) is 5.92 Å². The van der Waals surface area contributed by atoms with Crippen molar-refractivity contribution < 1.29 is 14.7 Å². The smallest absolute Gasteiger partial charge is 0.317 e. The van der Waals surface area contributed by atoms with Crippen LogP contribution in [-0.2, 0) is 4.79 Å². The van der Waals surface area contributed by atoms with E-state index in [1.165, 1.54) is 0 Å². The van der Waals surface area contributed by atoms with Gasteiger partial charge in [-0.1, -0.05) is 13.3 Å². The van der Waals surface area contributed by atoms with E-state index in [2.05, 4.69) is 19.2 Å². The van der Waals surface area contributed by atoms with E-state index in [1.54, 1.807) is 0 Å². The molecule has 1 saturated heterocycles. The average molecular weight is 256 g/mol. The molecule has 2 atom stereocenters. The number of aliphatic carboxylic acids is 1. The van der Waals surface area contributed by atoms with E-state index in [9.17, 15) is 9.59 Å². The van der Waals surface area contributed by atoms with Crippen molar-refractivity contribution in [1.29, 1.82) is 0 Å². The molecule has 0 radical (unpaired) electrons. The molecule has 2 N–H and O–H groups in total. The SMILES string of the molecule is CC1CC(C)N(C(=O)NCCCCCC(=O)O)C1. The van der Waals surface area contributed by atoms with E-state index in [0.29, 0.717) is 24.9 Å². The van der Waals surface area contributed by atoms with Crippen molar-refractivity contribution in [3.63, 3.8) is 0 Å². The monoisotopic (exact) mass is 256 g/mol. The van der Waals surface area contributed by atoms with Crippen LogP contribution in [-0.4, -0.2) is 41.1 Å². The molecule has 5 nitrogen and oxygen atoms in total. The normalized spacial score (nSPS) is 23.1. The molecule has 5 heteroatoms. The summed E-state index contributed by atoms with van der Waals surface area (Å²) in [5, 5.41) is 11.4. The highest BCUT2D eigenvalue weighted by molar-refractivity contribution is 5.74. The van der Waals surface area contributed by atoms with Crippen LogP contribution in [0.5, 0.6) is 0 Å². The van der Waals surface area contributed by atoms with Gasteiger partial charge in [0.2, 0.25) is 0 Å². The van der Waals surface area contributed by atoms with Crippen molar-refractivity contribution in [2.75, 3.05) is 13.1 Å². The lowest BCUT2D eigenvalue weighted by Gasteiger charge is -2.21. The second-order valence-corrected chi connectivity index (χ2v) is 5.28. The van der Waals surface area contributed by atoms with Crippen molar-refractivity contribution in [2.45, 2.75) is 52.0 Å². The zero-order valence-corrected chi connectivity index (χ0v) is 11.3. The second-order valence-electron chi connectivity index (χ2n) is 5.28. The number of urea groups is 1. The van der Waals surface area contributed by atoms with Crippen LogP contribution in [0.1, 0.15) is 46.0 Å². The fourth-order valence-electron chi connectivity index (χ4n) is 2.46. The fourth-order valence-corrected chi connectivity index (χ4v) is 2.46. The van der Waals surface area contributed by atoms with Crippen LogP contribution >= 0.6 is 0 Å². The number of rotatable bonds is 6. The minimum Gasteiger partial charge on any atom is -0.481 e. The summed E-state index contributed by atoms with van der Waals surface area (Å²) in [7, 11) is 0. The van der Waals surface area contributed by atoms with Gasteiger partial charge >= 0.3 is 12.0 Å². The van der Waals surface area contributed by atoms with Gasteiger partial charge in [0.25, 0.3) is 0 Å². The number of nitrogens with one attached hydrogen (secondary N) is 1. The van der Waals surface area contributed by atoms with Crippen molar-refractivity contribution in [1.82, 2.24) is 10.2 Å². The van der Waals surface area contributed by atoms with Crippen molar-refractivity contribution in [2.24, 2.45) is 5.92 Å². The Balaban J connectivity index is 2.08. The third-order valence-corrected chi connectivity index (χ3v) is 3.39. The molecule has 1 rings (SSSR count). The van der Waals surface area contributed by atoms with Gasteiger partial charge < -0.3 is 15.3 Å². The van der Waals surface area contributed by atoms with Crippen molar-refractivity contribution >= 4 is 12.0 Å². The Bertz CT molecular complexity index is 294. The van der Waals surface area contributed by atoms with Gasteiger partial charge in [-0.3, -0.25) is 4.79 Å². The lowest BCUT2D eigenvalue weighted by Crippen LogP contribution is -2.42. The molecule has 1 aliphatic rings. The molecule has 104 valence electrons. The number of nitrogens with zero attached hydrogens (tertiary/aromatic N) is 1. The molecule has 18 heavy (non-hydrogen) atoms. The van der Waals surface area contributed by atoms with Crippen LogP contribution in [0.2, 0.25) is 0 Å². The number of unbranched alkanes of at least 4 members (excludes halogenated alkanes) is 2. The largest absolute Gasteiger partial charge is 0.481 e. The Labute approximate surface area is 109 Å². The molecule has 1 fully saturated rings. The summed E-state index contributed by atoms with van der Waals surface area (Å²) >= 11 is 0. The molecular weight excluding hydrogens is 232 g/mol. The van der Waals surface area contributed by atoms with E-state index in [-0.39, 0.29) is 12.5 Å². The van der Waals surface area contributed by atoms with E-state index in [4.69, 9.17) is 5.11 Å². The van der Waals surface area contributed by atoms with Crippen LogP contribution < -0.4 is 5.32 Å². The summed E-state index contributed by atoms with van der Waals surface area (Å²) in [6.45, 7) is 5.72. The Morgan fingerprint density at radius 3 is 2.56 bits per heavy atom. The van der Waals surface area contributed by atoms with Crippen molar-refractivity contribution in [3.05, 3.63) is 0 Å². The third-order valence-electron chi connectivity index (χ3n) is 3.39. The third kappa shape index (κ3) is 4.94. The zero-order chi connectivity index (χ0) is 13.5. The summed E-state index contributed by atoms with van der Waals surface area (Å²) in [6.07, 6.45) is 3.67. The molecule has 0 saturated carbocycles. The Hall–Kier alpha value is -1.26. The molecule has 1 aliphatic heterocycles. The summed E-state index contributed by atoms with van der Waals surface area (Å²) in [5.41, 5.74) is 0. The molecule has 0 aliphatic carbocycles. The number of amides is 2. The maximum atomic E-state index is 11.9. The summed E-state index contributed by atoms with van der Waals surface area (Å²) in [4.78, 5) is 24.1. The van der Waals surface area contributed by atoms with E-state index < -0.39 is 5.97 Å². The fraction of sp³-hybridized carbons (Fsp3) is 0.846. The molecule has 0 aromatic rings. The van der Waals surface area contributed by atoms with Gasteiger partial charge in [0.15, 0.2) is 0 Å². The van der Waals surface area contributed by atoms with Crippen molar-refractivity contribution in [3.8, 4) is 0 Å².